The molecular formula is C24H22N2O6. The Bertz CT molecular complexity index is 1170. The Morgan fingerprint density at radius 2 is 1.75 bits per heavy atom. The molecule has 0 radical (unpaired) electrons. The van der Waals surface area contributed by atoms with E-state index in [1.807, 2.05) is 6.07 Å². The van der Waals surface area contributed by atoms with Crippen molar-refractivity contribution in [3.05, 3.63) is 82.9 Å². The largest absolute Gasteiger partial charge is 0.485 e. The average molecular weight is 434 g/mol. The average Bonchev–Trinajstić information content (AvgIpc) is 3.05. The number of allylic oxidation sites excluding steroid dienone is 1. The summed E-state index contributed by atoms with van der Waals surface area (Å²) in [6.07, 6.45) is 0. The van der Waals surface area contributed by atoms with Crippen molar-refractivity contribution >= 4 is 23.3 Å². The third-order valence-electron chi connectivity index (χ3n) is 5.40. The number of carbonyl (C=O) groups excluding carboxylic acids is 3. The van der Waals surface area contributed by atoms with Crippen LogP contribution in [-0.4, -0.2) is 30.9 Å². The molecule has 0 aromatic heterocycles. The summed E-state index contributed by atoms with van der Waals surface area (Å²) in [5.41, 5.74) is 4.93. The summed E-state index contributed by atoms with van der Waals surface area (Å²) in [5.74, 6) is -1.62. The number of esters is 1. The van der Waals surface area contributed by atoms with Crippen molar-refractivity contribution in [1.29, 1.82) is 0 Å². The van der Waals surface area contributed by atoms with Crippen molar-refractivity contribution in [3.8, 4) is 5.75 Å². The van der Waals surface area contributed by atoms with Gasteiger partial charge in [-0.3, -0.25) is 9.59 Å². The van der Waals surface area contributed by atoms with Crippen LogP contribution >= 0.6 is 0 Å². The highest BCUT2D eigenvalue weighted by Crippen LogP contribution is 2.52. The molecule has 0 fully saturated rings. The van der Waals surface area contributed by atoms with Gasteiger partial charge in [-0.2, -0.15) is 0 Å². The summed E-state index contributed by atoms with van der Waals surface area (Å²) in [6.45, 7) is 2.85. The maximum Gasteiger partial charge on any atom is 0.341 e. The van der Waals surface area contributed by atoms with Crippen molar-refractivity contribution in [3.63, 3.8) is 0 Å². The first kappa shape index (κ1) is 21.2. The highest BCUT2D eigenvalue weighted by atomic mass is 16.5. The number of nitrogens with two attached hydrogens (primary N) is 1. The second-order valence-electron chi connectivity index (χ2n) is 7.27. The molecule has 1 amide bonds. The SMILES string of the molecule is CCOC(=O)C1=C(N)OC(C)=C(C(=O)COc2ccccc2)[C@]12C(=O)Nc1ccccc12. The molecule has 0 unspecified atom stereocenters. The topological polar surface area (TPSA) is 117 Å². The minimum Gasteiger partial charge on any atom is -0.485 e. The normalized spacial score (nSPS) is 19.4. The molecule has 8 heteroatoms. The summed E-state index contributed by atoms with van der Waals surface area (Å²) >= 11 is 0. The molecule has 2 aliphatic rings. The molecule has 2 aromatic carbocycles. The monoisotopic (exact) mass is 434 g/mol. The number of ketones is 1. The second-order valence-corrected chi connectivity index (χ2v) is 7.27. The Kier molecular flexibility index (Phi) is 5.44. The molecule has 2 heterocycles. The molecule has 164 valence electrons. The molecule has 0 saturated carbocycles. The molecular weight excluding hydrogens is 412 g/mol. The molecule has 0 aliphatic carbocycles. The van der Waals surface area contributed by atoms with Crippen molar-refractivity contribution < 1.29 is 28.6 Å². The van der Waals surface area contributed by atoms with Gasteiger partial charge in [-0.15, -0.1) is 0 Å². The van der Waals surface area contributed by atoms with Gasteiger partial charge in [0.05, 0.1) is 12.2 Å². The first-order chi connectivity index (χ1) is 15.4. The summed E-state index contributed by atoms with van der Waals surface area (Å²) in [4.78, 5) is 40.0. The van der Waals surface area contributed by atoms with E-state index in [2.05, 4.69) is 5.32 Å². The number of amides is 1. The van der Waals surface area contributed by atoms with Gasteiger partial charge in [0.25, 0.3) is 0 Å². The van der Waals surface area contributed by atoms with E-state index in [4.69, 9.17) is 19.9 Å². The van der Waals surface area contributed by atoms with E-state index in [9.17, 15) is 14.4 Å². The molecule has 2 aromatic rings. The van der Waals surface area contributed by atoms with Crippen LogP contribution in [0.1, 0.15) is 19.4 Å². The standard InChI is InChI=1S/C24H22N2O6/c1-3-30-22(28)20-21(25)32-14(2)19(18(27)13-31-15-9-5-4-6-10-15)24(20)16-11-7-8-12-17(16)26-23(24)29/h4-12H,3,13,25H2,1-2H3,(H,26,29)/t24-/m0/s1. The van der Waals surface area contributed by atoms with Crippen LogP contribution in [0.15, 0.2) is 77.4 Å². The zero-order valence-corrected chi connectivity index (χ0v) is 17.6. The molecule has 32 heavy (non-hydrogen) atoms. The van der Waals surface area contributed by atoms with E-state index in [0.29, 0.717) is 17.0 Å². The van der Waals surface area contributed by atoms with E-state index >= 15 is 0 Å². The van der Waals surface area contributed by atoms with Crippen molar-refractivity contribution in [1.82, 2.24) is 0 Å². The van der Waals surface area contributed by atoms with Gasteiger partial charge in [-0.05, 0) is 32.0 Å². The third kappa shape index (κ3) is 3.20. The fourth-order valence-corrected chi connectivity index (χ4v) is 4.19. The van der Waals surface area contributed by atoms with Gasteiger partial charge in [0.15, 0.2) is 6.61 Å². The zero-order chi connectivity index (χ0) is 22.9. The number of nitrogens with one attached hydrogen (secondary N) is 1. The van der Waals surface area contributed by atoms with Gasteiger partial charge in [0.1, 0.15) is 22.5 Å². The van der Waals surface area contributed by atoms with Crippen LogP contribution in [-0.2, 0) is 29.3 Å². The van der Waals surface area contributed by atoms with Gasteiger partial charge >= 0.3 is 5.97 Å². The van der Waals surface area contributed by atoms with Gasteiger partial charge in [-0.25, -0.2) is 4.79 Å². The van der Waals surface area contributed by atoms with Crippen LogP contribution in [0, 0.1) is 0 Å². The quantitative estimate of drug-likeness (QED) is 0.671. The lowest BCUT2D eigenvalue weighted by Crippen LogP contribution is -2.49. The number of hydrogen-bond donors (Lipinski definition) is 2. The van der Waals surface area contributed by atoms with Crippen molar-refractivity contribution in [2.24, 2.45) is 5.73 Å². The molecule has 4 rings (SSSR count). The lowest BCUT2D eigenvalue weighted by Gasteiger charge is -2.36. The Morgan fingerprint density at radius 1 is 1.06 bits per heavy atom. The fourth-order valence-electron chi connectivity index (χ4n) is 4.19. The summed E-state index contributed by atoms with van der Waals surface area (Å²) in [6, 6.07) is 15.6. The number of hydrogen-bond acceptors (Lipinski definition) is 7. The minimum absolute atomic E-state index is 0.0202. The first-order valence-corrected chi connectivity index (χ1v) is 10.1. The van der Waals surface area contributed by atoms with Gasteiger partial charge < -0.3 is 25.3 Å². The number of ether oxygens (including phenoxy) is 3. The van der Waals surface area contributed by atoms with Crippen LogP contribution < -0.4 is 15.8 Å². The lowest BCUT2D eigenvalue weighted by molar-refractivity contribution is -0.141. The van der Waals surface area contributed by atoms with E-state index in [1.165, 1.54) is 6.92 Å². The van der Waals surface area contributed by atoms with Crippen LogP contribution in [0.2, 0.25) is 0 Å². The van der Waals surface area contributed by atoms with E-state index in [-0.39, 0.29) is 36.0 Å². The molecule has 0 bridgehead atoms. The second kappa shape index (κ2) is 8.22. The zero-order valence-electron chi connectivity index (χ0n) is 17.6. The highest BCUT2D eigenvalue weighted by Gasteiger charge is 2.61. The third-order valence-corrected chi connectivity index (χ3v) is 5.40. The maximum absolute atomic E-state index is 13.5. The van der Waals surface area contributed by atoms with Gasteiger partial charge in [-0.1, -0.05) is 36.4 Å². The number of Topliss-reactive ketones (excluding diaryl/α,β-unsaturated/α-hetero) is 1. The summed E-state index contributed by atoms with van der Waals surface area (Å²) < 4.78 is 16.4. The van der Waals surface area contributed by atoms with Crippen molar-refractivity contribution in [2.75, 3.05) is 18.5 Å². The predicted molar refractivity (Wildman–Crippen MR) is 115 cm³/mol. The van der Waals surface area contributed by atoms with Crippen molar-refractivity contribution in [2.45, 2.75) is 19.3 Å². The van der Waals surface area contributed by atoms with E-state index < -0.39 is 23.1 Å². The first-order valence-electron chi connectivity index (χ1n) is 10.1. The van der Waals surface area contributed by atoms with E-state index in [0.717, 1.165) is 0 Å². The lowest BCUT2D eigenvalue weighted by atomic mass is 9.66. The molecule has 0 saturated heterocycles. The Labute approximate surface area is 184 Å². The number of benzene rings is 2. The number of para-hydroxylation sites is 2. The Hall–Kier alpha value is -4.07. The Balaban J connectivity index is 1.86. The molecule has 1 spiro atoms. The number of fused-ring (bicyclic) bond motifs is 2. The van der Waals surface area contributed by atoms with Crippen LogP contribution in [0.25, 0.3) is 0 Å². The van der Waals surface area contributed by atoms with Gasteiger partial charge in [0, 0.05) is 11.3 Å². The summed E-state index contributed by atoms with van der Waals surface area (Å²) in [7, 11) is 0. The Morgan fingerprint density at radius 3 is 2.47 bits per heavy atom. The molecule has 2 aliphatic heterocycles. The maximum atomic E-state index is 13.5. The number of rotatable bonds is 6. The van der Waals surface area contributed by atoms with Crippen LogP contribution in [0.5, 0.6) is 5.75 Å². The summed E-state index contributed by atoms with van der Waals surface area (Å²) in [5, 5.41) is 2.77. The van der Waals surface area contributed by atoms with Crippen LogP contribution in [0.3, 0.4) is 0 Å². The number of anilines is 1. The highest BCUT2D eigenvalue weighted by molar-refractivity contribution is 6.22. The van der Waals surface area contributed by atoms with Crippen LogP contribution in [0.4, 0.5) is 5.69 Å². The van der Waals surface area contributed by atoms with Gasteiger partial charge in [0.2, 0.25) is 17.6 Å². The molecule has 8 nitrogen and oxygen atoms in total. The van der Waals surface area contributed by atoms with E-state index in [1.54, 1.807) is 55.5 Å². The minimum atomic E-state index is -1.81. The molecule has 1 atom stereocenters. The fraction of sp³-hybridized carbons (Fsp3) is 0.208. The number of carbonyl (C=O) groups is 3. The smallest absolute Gasteiger partial charge is 0.341 e. The predicted octanol–water partition coefficient (Wildman–Crippen LogP) is 2.56. The molecule has 3 N–H and O–H groups in total.